The molecule has 0 fully saturated rings. The molecule has 85 heavy (non-hydrogen) atoms. The number of hydrogen-bond donors (Lipinski definition) is 0. The molecule has 0 atom stereocenters. The van der Waals surface area contributed by atoms with Gasteiger partial charge in [-0.2, -0.15) is 0 Å². The average molecular weight is 1080 g/mol. The summed E-state index contributed by atoms with van der Waals surface area (Å²) in [5, 5.41) is 7.30. The Morgan fingerprint density at radius 3 is 1.04 bits per heavy atom. The highest BCUT2D eigenvalue weighted by Crippen LogP contribution is 2.52. The minimum Gasteiger partial charge on any atom is -0.311 e. The summed E-state index contributed by atoms with van der Waals surface area (Å²) in [6.45, 7) is -0.101. The molecule has 0 radical (unpaired) electrons. The fraction of sp³-hybridized carbons (Fsp3) is 0. The number of benzene rings is 13. The molecule has 0 aliphatic carbocycles. The number of fused-ring (bicyclic) bond motifs is 16. The Morgan fingerprint density at radius 2 is 0.600 bits per heavy atom. The molecule has 0 unspecified atom stereocenters. The first-order chi connectivity index (χ1) is 42.3. The highest BCUT2D eigenvalue weighted by molar-refractivity contribution is 7.00. The van der Waals surface area contributed by atoms with Crippen molar-refractivity contribution in [1.82, 2.24) is 13.7 Å². The summed E-state index contributed by atoms with van der Waals surface area (Å²) in [6, 6.07) is 114. The van der Waals surface area contributed by atoms with E-state index >= 15 is 0 Å². The number of aromatic nitrogens is 3. The van der Waals surface area contributed by atoms with Crippen molar-refractivity contribution < 1.29 is 0 Å². The maximum atomic E-state index is 2.59. The molecule has 3 aromatic heterocycles. The fourth-order valence-corrected chi connectivity index (χ4v) is 14.6. The van der Waals surface area contributed by atoms with Crippen molar-refractivity contribution in [3.8, 4) is 17.1 Å². The SMILES string of the molecule is c1ccc(N(c2ccccc2)c2ccc3c(c2)N(c2ccccc2)c2cccc4c2B3c2ccc(-n3c5ccccc5c5c6c(c7ccccc7n6-c6ccccc6)c6c(c7ccccc7n6-c6ccccc6)c53)cc2N4c2ccccc2)cc1. The topological polar surface area (TPSA) is 24.5 Å². The zero-order valence-corrected chi connectivity index (χ0v) is 46.2. The van der Waals surface area contributed by atoms with Crippen molar-refractivity contribution >= 4 is 140 Å². The van der Waals surface area contributed by atoms with Gasteiger partial charge in [-0.05, 0) is 144 Å². The minimum absolute atomic E-state index is 0.101. The second-order valence-corrected chi connectivity index (χ2v) is 22.4. The lowest BCUT2D eigenvalue weighted by Gasteiger charge is -2.44. The van der Waals surface area contributed by atoms with Crippen LogP contribution in [-0.4, -0.2) is 20.4 Å². The molecular weight excluding hydrogens is 1030 g/mol. The molecule has 18 rings (SSSR count). The summed E-state index contributed by atoms with van der Waals surface area (Å²) >= 11 is 0. The number of hydrogen-bond acceptors (Lipinski definition) is 3. The van der Waals surface area contributed by atoms with Gasteiger partial charge in [0.15, 0.2) is 0 Å². The van der Waals surface area contributed by atoms with Crippen LogP contribution in [0.2, 0.25) is 0 Å². The van der Waals surface area contributed by atoms with Gasteiger partial charge in [0.25, 0.3) is 6.71 Å². The number of rotatable bonds is 8. The van der Waals surface area contributed by atoms with Crippen LogP contribution in [0, 0.1) is 0 Å². The van der Waals surface area contributed by atoms with Crippen LogP contribution in [0.15, 0.2) is 309 Å². The molecule has 0 saturated carbocycles. The van der Waals surface area contributed by atoms with E-state index in [9.17, 15) is 0 Å². The van der Waals surface area contributed by atoms with Crippen molar-refractivity contribution in [1.29, 1.82) is 0 Å². The number of anilines is 9. The molecule has 396 valence electrons. The zero-order chi connectivity index (χ0) is 55.7. The standard InChI is InChI=1S/C78H51BN6/c1-7-26-52(27-8-1)80(53-28-9-2-10-29-53)58-46-48-63-70(50-58)81(54-30-11-3-12-31-54)68-44-25-45-69-75(68)79(63)64-49-47-59(51-71(64)82(69)55-32-13-4-14-33-55)85-67-43-24-21-40-62(67)74-77-72(60-38-19-22-41-65(60)83(77)56-34-15-5-16-35-56)76-73(78(74)85)61-39-20-23-42-66(61)84(76)57-36-17-6-18-37-57/h1-51H. The largest absolute Gasteiger partial charge is 0.311 e. The molecule has 6 nitrogen and oxygen atoms in total. The van der Waals surface area contributed by atoms with E-state index in [0.29, 0.717) is 0 Å². The molecular formula is C78H51BN6. The molecule has 2 aliphatic heterocycles. The maximum absolute atomic E-state index is 2.59. The van der Waals surface area contributed by atoms with E-state index in [4.69, 9.17) is 0 Å². The van der Waals surface area contributed by atoms with Gasteiger partial charge in [0.05, 0.1) is 33.1 Å². The summed E-state index contributed by atoms with van der Waals surface area (Å²) in [4.78, 5) is 7.40. The lowest BCUT2D eigenvalue weighted by atomic mass is 9.33. The normalized spacial score (nSPS) is 12.6. The molecule has 0 spiro atoms. The van der Waals surface area contributed by atoms with Gasteiger partial charge in [0.2, 0.25) is 0 Å². The molecule has 0 saturated heterocycles. The van der Waals surface area contributed by atoms with Crippen LogP contribution < -0.4 is 31.1 Å². The lowest BCUT2D eigenvalue weighted by molar-refractivity contribution is 1.17. The predicted molar refractivity (Wildman–Crippen MR) is 358 cm³/mol. The minimum atomic E-state index is -0.101. The molecule has 0 N–H and O–H groups in total. The Bertz CT molecular complexity index is 5200. The van der Waals surface area contributed by atoms with Crippen LogP contribution in [0.1, 0.15) is 0 Å². The first-order valence-corrected chi connectivity index (χ1v) is 29.3. The van der Waals surface area contributed by atoms with E-state index in [1.807, 2.05) is 0 Å². The van der Waals surface area contributed by atoms with Crippen LogP contribution in [0.5, 0.6) is 0 Å². The van der Waals surface area contributed by atoms with Gasteiger partial charge in [-0.15, -0.1) is 0 Å². The predicted octanol–water partition coefficient (Wildman–Crippen LogP) is 18.5. The second kappa shape index (κ2) is 18.6. The molecule has 16 aromatic rings. The lowest BCUT2D eigenvalue weighted by Crippen LogP contribution is -2.61. The van der Waals surface area contributed by atoms with Gasteiger partial charge in [-0.25, -0.2) is 0 Å². The summed E-state index contributed by atoms with van der Waals surface area (Å²) in [6.07, 6.45) is 0. The summed E-state index contributed by atoms with van der Waals surface area (Å²) in [5.41, 5.74) is 24.3. The Labute approximate surface area is 491 Å². The first kappa shape index (κ1) is 47.4. The maximum Gasteiger partial charge on any atom is 0.252 e. The van der Waals surface area contributed by atoms with E-state index in [-0.39, 0.29) is 6.71 Å². The first-order valence-electron chi connectivity index (χ1n) is 29.3. The third kappa shape index (κ3) is 6.89. The van der Waals surface area contributed by atoms with Crippen LogP contribution in [0.4, 0.5) is 51.2 Å². The summed E-state index contributed by atoms with van der Waals surface area (Å²) in [5.74, 6) is 0. The van der Waals surface area contributed by atoms with Crippen molar-refractivity contribution in [3.63, 3.8) is 0 Å². The van der Waals surface area contributed by atoms with Crippen molar-refractivity contribution in [2.75, 3.05) is 14.7 Å². The molecule has 5 heterocycles. The van der Waals surface area contributed by atoms with Crippen molar-refractivity contribution in [2.24, 2.45) is 0 Å². The number of nitrogens with zero attached hydrogens (tertiary/aromatic N) is 6. The highest BCUT2D eigenvalue weighted by Gasteiger charge is 2.44. The van der Waals surface area contributed by atoms with Crippen molar-refractivity contribution in [2.45, 2.75) is 0 Å². The van der Waals surface area contributed by atoms with Gasteiger partial charge < -0.3 is 28.4 Å². The summed E-state index contributed by atoms with van der Waals surface area (Å²) in [7, 11) is 0. The third-order valence-electron chi connectivity index (χ3n) is 17.9. The van der Waals surface area contributed by atoms with E-state index in [2.05, 4.69) is 338 Å². The average Bonchev–Trinajstić information content (AvgIpc) is 1.65. The number of para-hydroxylation sites is 9. The third-order valence-corrected chi connectivity index (χ3v) is 17.9. The molecule has 13 aromatic carbocycles. The van der Waals surface area contributed by atoms with E-state index < -0.39 is 0 Å². The highest BCUT2D eigenvalue weighted by atomic mass is 15.2. The Kier molecular flexibility index (Phi) is 10.4. The van der Waals surface area contributed by atoms with Crippen LogP contribution in [-0.2, 0) is 0 Å². The van der Waals surface area contributed by atoms with E-state index in [0.717, 1.165) is 73.8 Å². The smallest absolute Gasteiger partial charge is 0.252 e. The van der Waals surface area contributed by atoms with Crippen molar-refractivity contribution in [3.05, 3.63) is 309 Å². The van der Waals surface area contributed by atoms with Gasteiger partial charge in [0, 0.05) is 101 Å². The molecule has 2 aliphatic rings. The Balaban J connectivity index is 0.958. The second-order valence-electron chi connectivity index (χ2n) is 22.4. The van der Waals surface area contributed by atoms with Crippen LogP contribution in [0.25, 0.3) is 82.5 Å². The van der Waals surface area contributed by atoms with Gasteiger partial charge in [-0.3, -0.25) is 0 Å². The molecule has 0 bridgehead atoms. The van der Waals surface area contributed by atoms with E-state index in [1.54, 1.807) is 0 Å². The Hall–Kier alpha value is -11.3. The van der Waals surface area contributed by atoms with Gasteiger partial charge >= 0.3 is 0 Å². The van der Waals surface area contributed by atoms with E-state index in [1.165, 1.54) is 76.3 Å². The molecule has 7 heteroatoms. The molecule has 0 amide bonds. The fourth-order valence-electron chi connectivity index (χ4n) is 14.6. The van der Waals surface area contributed by atoms with Gasteiger partial charge in [0.1, 0.15) is 0 Å². The van der Waals surface area contributed by atoms with Crippen LogP contribution >= 0.6 is 0 Å². The Morgan fingerprint density at radius 1 is 0.247 bits per heavy atom. The quantitative estimate of drug-likeness (QED) is 0.142. The van der Waals surface area contributed by atoms with Crippen LogP contribution in [0.3, 0.4) is 0 Å². The monoisotopic (exact) mass is 1080 g/mol. The van der Waals surface area contributed by atoms with Gasteiger partial charge in [-0.1, -0.05) is 182 Å². The zero-order valence-electron chi connectivity index (χ0n) is 46.2. The summed E-state index contributed by atoms with van der Waals surface area (Å²) < 4.78 is 7.65.